The number of likely N-dealkylation sites (N-methyl/N-ethyl adjacent to an activating group) is 1. The number of aromatic nitrogens is 1. The van der Waals surface area contributed by atoms with Gasteiger partial charge in [-0.05, 0) is 55.8 Å². The molecule has 12 nitrogen and oxygen atoms in total. The van der Waals surface area contributed by atoms with Crippen molar-refractivity contribution in [2.24, 2.45) is 4.99 Å². The third kappa shape index (κ3) is 9.26. The molecule has 0 radical (unpaired) electrons. The fourth-order valence-corrected chi connectivity index (χ4v) is 5.14. The lowest BCUT2D eigenvalue weighted by atomic mass is 9.97. The van der Waals surface area contributed by atoms with Gasteiger partial charge in [0.05, 0.1) is 38.3 Å². The van der Waals surface area contributed by atoms with Crippen molar-refractivity contribution in [3.8, 4) is 0 Å². The van der Waals surface area contributed by atoms with Crippen LogP contribution in [0.2, 0.25) is 0 Å². The first-order valence-corrected chi connectivity index (χ1v) is 15.7. The van der Waals surface area contributed by atoms with Crippen molar-refractivity contribution in [1.82, 2.24) is 15.2 Å². The zero-order valence-corrected chi connectivity index (χ0v) is 26.7. The Morgan fingerprint density at radius 1 is 1.04 bits per heavy atom. The normalized spacial score (nSPS) is 16.5. The second-order valence-electron chi connectivity index (χ2n) is 10.9. The SMILES string of the molecule is CCCCCCOC(=O)NC(=N)c1ccc(NCC2=NC3C=C(C(=O)N(CCC(=O)OCC)c4ccccn4)C=CC3N2C)cc1. The quantitative estimate of drug-likeness (QED) is 0.111. The molecule has 2 heterocycles. The fourth-order valence-electron chi connectivity index (χ4n) is 5.14. The molecule has 1 aromatic heterocycles. The second kappa shape index (κ2) is 16.9. The van der Waals surface area contributed by atoms with E-state index >= 15 is 0 Å². The number of alkyl carbamates (subject to hydrolysis) is 1. The molecule has 1 aliphatic carbocycles. The number of fused-ring (bicyclic) bond motifs is 1. The molecule has 2 aliphatic rings. The van der Waals surface area contributed by atoms with Crippen LogP contribution in [0.4, 0.5) is 16.3 Å². The summed E-state index contributed by atoms with van der Waals surface area (Å²) in [6.45, 7) is 5.08. The number of rotatable bonds is 15. The molecule has 12 heteroatoms. The molecule has 2 amide bonds. The summed E-state index contributed by atoms with van der Waals surface area (Å²) in [6, 6.07) is 12.2. The van der Waals surface area contributed by atoms with Gasteiger partial charge in [-0.3, -0.25) is 30.2 Å². The van der Waals surface area contributed by atoms with Crippen LogP contribution >= 0.6 is 0 Å². The Balaban J connectivity index is 1.33. The zero-order chi connectivity index (χ0) is 32.9. The molecule has 244 valence electrons. The lowest BCUT2D eigenvalue weighted by Crippen LogP contribution is -2.40. The highest BCUT2D eigenvalue weighted by Crippen LogP contribution is 2.26. The summed E-state index contributed by atoms with van der Waals surface area (Å²) in [7, 11) is 1.97. The molecule has 0 fully saturated rings. The molecule has 2 unspecified atom stereocenters. The molecule has 0 saturated carbocycles. The number of carbonyl (C=O) groups is 3. The van der Waals surface area contributed by atoms with E-state index in [1.807, 2.05) is 31.3 Å². The third-order valence-corrected chi connectivity index (χ3v) is 7.67. The van der Waals surface area contributed by atoms with E-state index < -0.39 is 6.09 Å². The van der Waals surface area contributed by atoms with Crippen LogP contribution in [0.5, 0.6) is 0 Å². The highest BCUT2D eigenvalue weighted by Gasteiger charge is 2.34. The van der Waals surface area contributed by atoms with Crippen molar-refractivity contribution in [3.63, 3.8) is 0 Å². The number of amidine groups is 2. The average Bonchev–Trinajstić information content (AvgIpc) is 3.38. The van der Waals surface area contributed by atoms with Gasteiger partial charge in [0.15, 0.2) is 0 Å². The fraction of sp³-hybridized carbons (Fsp3) is 0.412. The van der Waals surface area contributed by atoms with Crippen molar-refractivity contribution in [2.75, 3.05) is 43.6 Å². The smallest absolute Gasteiger partial charge is 0.412 e. The summed E-state index contributed by atoms with van der Waals surface area (Å²) in [5.41, 5.74) is 1.87. The molecule has 3 N–H and O–H groups in total. The minimum Gasteiger partial charge on any atom is -0.466 e. The number of nitrogens with zero attached hydrogens (tertiary/aromatic N) is 4. The van der Waals surface area contributed by atoms with Crippen LogP contribution in [-0.4, -0.2) is 85.0 Å². The van der Waals surface area contributed by atoms with Crippen molar-refractivity contribution < 1.29 is 23.9 Å². The van der Waals surface area contributed by atoms with E-state index in [9.17, 15) is 14.4 Å². The highest BCUT2D eigenvalue weighted by atomic mass is 16.5. The van der Waals surface area contributed by atoms with E-state index in [-0.39, 0.29) is 49.4 Å². The molecule has 2 aromatic rings. The number of benzene rings is 1. The van der Waals surface area contributed by atoms with E-state index in [2.05, 4.69) is 27.4 Å². The van der Waals surface area contributed by atoms with Gasteiger partial charge in [-0.15, -0.1) is 0 Å². The number of anilines is 2. The van der Waals surface area contributed by atoms with Crippen LogP contribution in [0.3, 0.4) is 0 Å². The summed E-state index contributed by atoms with van der Waals surface area (Å²) >= 11 is 0. The van der Waals surface area contributed by atoms with Crippen molar-refractivity contribution in [3.05, 3.63) is 78.0 Å². The molecule has 2 atom stereocenters. The van der Waals surface area contributed by atoms with Crippen LogP contribution in [-0.2, 0) is 19.1 Å². The predicted molar refractivity (Wildman–Crippen MR) is 178 cm³/mol. The number of esters is 1. The summed E-state index contributed by atoms with van der Waals surface area (Å²) in [4.78, 5) is 50.5. The first-order chi connectivity index (χ1) is 22.3. The Kier molecular flexibility index (Phi) is 12.4. The number of ether oxygens (including phenoxy) is 2. The zero-order valence-electron chi connectivity index (χ0n) is 26.7. The van der Waals surface area contributed by atoms with E-state index in [0.29, 0.717) is 30.1 Å². The first-order valence-electron chi connectivity index (χ1n) is 15.7. The largest absolute Gasteiger partial charge is 0.466 e. The highest BCUT2D eigenvalue weighted by molar-refractivity contribution is 6.08. The lowest BCUT2D eigenvalue weighted by Gasteiger charge is -2.27. The van der Waals surface area contributed by atoms with E-state index in [1.165, 1.54) is 4.90 Å². The number of nitrogens with one attached hydrogen (secondary N) is 3. The van der Waals surface area contributed by atoms with E-state index in [4.69, 9.17) is 19.9 Å². The van der Waals surface area contributed by atoms with Gasteiger partial charge in [0.2, 0.25) is 0 Å². The number of carbonyl (C=O) groups excluding carboxylic acids is 3. The standard InChI is InChI=1S/C34H43N7O5/c1-4-6-7-10-21-46-34(44)39-32(35)24-12-15-26(16-13-24)37-23-30-38-27-22-25(14-17-28(27)40(30)3)33(43)41(20-18-31(42)45-5-2)29-11-8-9-19-36-29/h8-9,11-17,19,22,27-28,37H,4-7,10,18,20-21,23H2,1-3H3,(H2,35,39,44). The molecule has 46 heavy (non-hydrogen) atoms. The van der Waals surface area contributed by atoms with Gasteiger partial charge in [-0.25, -0.2) is 9.78 Å². The monoisotopic (exact) mass is 629 g/mol. The lowest BCUT2D eigenvalue weighted by molar-refractivity contribution is -0.142. The first kappa shape index (κ1) is 33.9. The van der Waals surface area contributed by atoms with Gasteiger partial charge in [-0.1, -0.05) is 44.4 Å². The van der Waals surface area contributed by atoms with Crippen LogP contribution in [0, 0.1) is 5.41 Å². The number of pyridine rings is 1. The average molecular weight is 630 g/mol. The molecule has 1 aromatic carbocycles. The minimum atomic E-state index is -0.624. The molecule has 4 rings (SSSR count). The van der Waals surface area contributed by atoms with Gasteiger partial charge in [0.1, 0.15) is 17.5 Å². The topological polar surface area (TPSA) is 149 Å². The molecule has 1 aliphatic heterocycles. The number of hydrogen-bond donors (Lipinski definition) is 3. The van der Waals surface area contributed by atoms with Crippen molar-refractivity contribution in [2.45, 2.75) is 58.0 Å². The Hall–Kier alpha value is -5.00. The van der Waals surface area contributed by atoms with Gasteiger partial charge >= 0.3 is 12.1 Å². The van der Waals surface area contributed by atoms with Crippen LogP contribution in [0.15, 0.2) is 77.5 Å². The number of unbranched alkanes of at least 4 members (excludes halogenated alkanes) is 3. The third-order valence-electron chi connectivity index (χ3n) is 7.67. The van der Waals surface area contributed by atoms with Crippen LogP contribution in [0.1, 0.15) is 51.5 Å². The van der Waals surface area contributed by atoms with Gasteiger partial charge in [0, 0.05) is 36.6 Å². The summed E-state index contributed by atoms with van der Waals surface area (Å²) in [5.74, 6) is 0.623. The van der Waals surface area contributed by atoms with Gasteiger partial charge in [-0.2, -0.15) is 0 Å². The van der Waals surface area contributed by atoms with Gasteiger partial charge in [0.25, 0.3) is 5.91 Å². The Morgan fingerprint density at radius 2 is 1.85 bits per heavy atom. The number of hydrogen-bond acceptors (Lipinski definition) is 10. The van der Waals surface area contributed by atoms with Crippen LogP contribution in [0.25, 0.3) is 0 Å². The predicted octanol–water partition coefficient (Wildman–Crippen LogP) is 4.69. The van der Waals surface area contributed by atoms with Gasteiger partial charge < -0.3 is 19.7 Å². The van der Waals surface area contributed by atoms with E-state index in [1.54, 1.807) is 49.5 Å². The minimum absolute atomic E-state index is 0.0273. The molecule has 0 spiro atoms. The molecular weight excluding hydrogens is 586 g/mol. The molecule has 0 saturated heterocycles. The number of aliphatic imine (C=N–C) groups is 1. The molecular formula is C34H43N7O5. The summed E-state index contributed by atoms with van der Waals surface area (Å²) in [5, 5.41) is 14.0. The van der Waals surface area contributed by atoms with E-state index in [0.717, 1.165) is 37.2 Å². The summed E-state index contributed by atoms with van der Waals surface area (Å²) < 4.78 is 10.2. The Labute approximate surface area is 270 Å². The maximum Gasteiger partial charge on any atom is 0.412 e. The Bertz CT molecular complexity index is 1460. The maximum absolute atomic E-state index is 13.6. The van der Waals surface area contributed by atoms with Crippen LogP contribution < -0.4 is 15.5 Å². The number of amides is 2. The van der Waals surface area contributed by atoms with Crippen molar-refractivity contribution in [1.29, 1.82) is 5.41 Å². The maximum atomic E-state index is 13.6. The second-order valence-corrected chi connectivity index (χ2v) is 10.9. The van der Waals surface area contributed by atoms with Crippen molar-refractivity contribution >= 4 is 41.1 Å². The summed E-state index contributed by atoms with van der Waals surface area (Å²) in [6.07, 6.45) is 10.7. The Morgan fingerprint density at radius 3 is 2.57 bits per heavy atom. The molecule has 0 bridgehead atoms.